The molecule has 2 aromatic heterocycles. The predicted molar refractivity (Wildman–Crippen MR) is 96.9 cm³/mol. The number of thioether (sulfide) groups is 1. The molecule has 8 nitrogen and oxygen atoms in total. The van der Waals surface area contributed by atoms with Crippen molar-refractivity contribution in [2.45, 2.75) is 16.8 Å². The first-order chi connectivity index (χ1) is 11.6. The van der Waals surface area contributed by atoms with E-state index in [1.807, 2.05) is 42.7 Å². The van der Waals surface area contributed by atoms with Gasteiger partial charge in [-0.2, -0.15) is 13.4 Å². The minimum Gasteiger partial charge on any atom is -0.354 e. The van der Waals surface area contributed by atoms with Crippen LogP contribution in [0.15, 0.2) is 40.5 Å². The van der Waals surface area contributed by atoms with Gasteiger partial charge in [-0.25, -0.2) is 4.57 Å². The highest BCUT2D eigenvalue weighted by Crippen LogP contribution is 2.21. The van der Waals surface area contributed by atoms with Crippen molar-refractivity contribution in [3.63, 3.8) is 0 Å². The van der Waals surface area contributed by atoms with E-state index in [1.165, 1.54) is 12.1 Å². The Morgan fingerprint density at radius 3 is 2.36 bits per heavy atom. The Morgan fingerprint density at radius 2 is 1.84 bits per heavy atom. The van der Waals surface area contributed by atoms with E-state index in [1.54, 1.807) is 23.9 Å². The van der Waals surface area contributed by atoms with Crippen molar-refractivity contribution in [3.05, 3.63) is 36.2 Å². The van der Waals surface area contributed by atoms with E-state index in [-0.39, 0.29) is 4.90 Å². The van der Waals surface area contributed by atoms with Crippen molar-refractivity contribution in [2.75, 3.05) is 12.0 Å². The highest BCUT2D eigenvalue weighted by molar-refractivity contribution is 7.98. The van der Waals surface area contributed by atoms with Crippen LogP contribution < -0.4 is 10.3 Å². The van der Waals surface area contributed by atoms with Crippen LogP contribution in [-0.2, 0) is 24.2 Å². The molecule has 3 aromatic rings. The van der Waals surface area contributed by atoms with E-state index < -0.39 is 10.1 Å². The molecular weight excluding hydrogens is 362 g/mol. The number of aryl methyl sites for hydroxylation is 3. The van der Waals surface area contributed by atoms with Crippen LogP contribution in [0.2, 0.25) is 0 Å². The van der Waals surface area contributed by atoms with Gasteiger partial charge < -0.3 is 5.73 Å². The zero-order valence-electron chi connectivity index (χ0n) is 14.3. The van der Waals surface area contributed by atoms with Crippen LogP contribution in [-0.4, -0.2) is 33.8 Å². The maximum Gasteiger partial charge on any atom is 0.308 e. The number of nitrogen functional groups attached to an aromatic ring is 1. The first-order valence-corrected chi connectivity index (χ1v) is 9.86. The summed E-state index contributed by atoms with van der Waals surface area (Å²) < 4.78 is 33.5. The van der Waals surface area contributed by atoms with Crippen LogP contribution in [0.25, 0.3) is 11.2 Å². The molecule has 134 valence electrons. The lowest BCUT2D eigenvalue weighted by Crippen LogP contribution is -2.26. The Hall–Kier alpha value is -2.17. The van der Waals surface area contributed by atoms with Gasteiger partial charge in [0.2, 0.25) is 5.52 Å². The van der Waals surface area contributed by atoms with E-state index >= 15 is 0 Å². The molecule has 0 atom stereocenters. The van der Waals surface area contributed by atoms with Gasteiger partial charge in [-0.3, -0.25) is 9.12 Å². The summed E-state index contributed by atoms with van der Waals surface area (Å²) in [5.74, 6) is 0.323. The van der Waals surface area contributed by atoms with Crippen LogP contribution >= 0.6 is 11.8 Å². The van der Waals surface area contributed by atoms with Gasteiger partial charge in [-0.1, -0.05) is 22.7 Å². The Labute approximate surface area is 150 Å². The molecule has 0 aliphatic heterocycles. The predicted octanol–water partition coefficient (Wildman–Crippen LogP) is 1.34. The van der Waals surface area contributed by atoms with Gasteiger partial charge >= 0.3 is 5.65 Å². The molecule has 1 aromatic carbocycles. The number of imidazole rings is 1. The average Bonchev–Trinajstić information content (AvgIpc) is 2.81. The summed E-state index contributed by atoms with van der Waals surface area (Å²) in [5.41, 5.74) is 8.46. The molecule has 25 heavy (non-hydrogen) atoms. The fraction of sp³-hybridized carbons (Fsp3) is 0.267. The third-order valence-electron chi connectivity index (χ3n) is 3.40. The molecule has 2 heterocycles. The summed E-state index contributed by atoms with van der Waals surface area (Å²) in [4.78, 5) is 8.32. The third-order valence-corrected chi connectivity index (χ3v) is 4.94. The first kappa shape index (κ1) is 19.2. The normalized spacial score (nSPS) is 11.2. The molecule has 0 amide bonds. The van der Waals surface area contributed by atoms with Gasteiger partial charge in [0.15, 0.2) is 6.33 Å². The van der Waals surface area contributed by atoms with Crippen LogP contribution in [0.5, 0.6) is 0 Å². The smallest absolute Gasteiger partial charge is 0.308 e. The highest BCUT2D eigenvalue weighted by atomic mass is 32.2. The second-order valence-electron chi connectivity index (χ2n) is 5.39. The Bertz CT molecular complexity index is 998. The molecule has 0 aliphatic carbocycles. The minimum atomic E-state index is -4.02. The van der Waals surface area contributed by atoms with Crippen LogP contribution in [0.1, 0.15) is 5.56 Å². The number of fused-ring (bicyclic) bond motifs is 1. The molecule has 0 spiro atoms. The fourth-order valence-electron chi connectivity index (χ4n) is 2.22. The van der Waals surface area contributed by atoms with E-state index in [9.17, 15) is 8.42 Å². The number of rotatable bonds is 2. The van der Waals surface area contributed by atoms with Gasteiger partial charge in [0.05, 0.1) is 19.0 Å². The minimum absolute atomic E-state index is 0.0666. The molecule has 0 radical (unpaired) electrons. The largest absolute Gasteiger partial charge is 0.354 e. The van der Waals surface area contributed by atoms with Gasteiger partial charge in [-0.15, -0.1) is 11.8 Å². The average molecular weight is 382 g/mol. The highest BCUT2D eigenvalue weighted by Gasteiger charge is 2.18. The summed E-state index contributed by atoms with van der Waals surface area (Å²) in [6.07, 6.45) is 3.94. The van der Waals surface area contributed by atoms with E-state index in [0.717, 1.165) is 21.8 Å². The maximum absolute atomic E-state index is 10.5. The summed E-state index contributed by atoms with van der Waals surface area (Å²) in [5, 5.41) is 0.913. The lowest BCUT2D eigenvalue weighted by atomic mass is 10.2. The Morgan fingerprint density at radius 1 is 1.24 bits per heavy atom. The number of hydrogen-bond acceptors (Lipinski definition) is 6. The van der Waals surface area contributed by atoms with Crippen molar-refractivity contribution in [2.24, 2.45) is 14.1 Å². The summed E-state index contributed by atoms with van der Waals surface area (Å²) >= 11 is 1.57. The molecule has 0 saturated heterocycles. The lowest BCUT2D eigenvalue weighted by Gasteiger charge is -1.95. The van der Waals surface area contributed by atoms with E-state index in [0.29, 0.717) is 5.95 Å². The molecule has 3 rings (SSSR count). The molecule has 0 saturated carbocycles. The van der Waals surface area contributed by atoms with Crippen molar-refractivity contribution >= 4 is 39.0 Å². The summed E-state index contributed by atoms with van der Waals surface area (Å²) in [6.45, 7) is 1.84. The van der Waals surface area contributed by atoms with Gasteiger partial charge in [-0.05, 0) is 25.3 Å². The SMILES string of the molecule is CSc1nc(N)nc2c1n(C)c[n+]2C.Cc1ccc(S(=O)(=O)O)cc1. The van der Waals surface area contributed by atoms with Crippen molar-refractivity contribution in [1.82, 2.24) is 14.5 Å². The Balaban J connectivity index is 0.000000186. The molecular formula is C15H20N5O3S2+. The van der Waals surface area contributed by atoms with Gasteiger partial charge in [0.25, 0.3) is 16.1 Å². The van der Waals surface area contributed by atoms with Gasteiger partial charge in [0, 0.05) is 0 Å². The van der Waals surface area contributed by atoms with E-state index in [4.69, 9.17) is 10.3 Å². The zero-order chi connectivity index (χ0) is 18.8. The summed E-state index contributed by atoms with van der Waals surface area (Å²) in [7, 11) is -0.102. The summed E-state index contributed by atoms with van der Waals surface area (Å²) in [6, 6.07) is 5.99. The number of aromatic nitrogens is 4. The molecule has 0 unspecified atom stereocenters. The molecule has 0 fully saturated rings. The molecule has 10 heteroatoms. The quantitative estimate of drug-likeness (QED) is 0.297. The van der Waals surface area contributed by atoms with Crippen molar-refractivity contribution in [3.8, 4) is 0 Å². The van der Waals surface area contributed by atoms with Crippen LogP contribution in [0, 0.1) is 6.92 Å². The molecule has 0 aliphatic rings. The first-order valence-electron chi connectivity index (χ1n) is 7.19. The number of benzene rings is 1. The molecule has 0 bridgehead atoms. The van der Waals surface area contributed by atoms with Crippen molar-refractivity contribution in [1.29, 1.82) is 0 Å². The fourth-order valence-corrected chi connectivity index (χ4v) is 3.31. The zero-order valence-corrected chi connectivity index (χ0v) is 16.0. The number of nitrogens with zero attached hydrogens (tertiary/aromatic N) is 4. The van der Waals surface area contributed by atoms with Gasteiger partial charge in [0.1, 0.15) is 5.03 Å². The lowest BCUT2D eigenvalue weighted by molar-refractivity contribution is -0.647. The standard InChI is InChI=1S/C8H12N5S.C7H8O3S/c1-12-4-13(2)6-5(12)7(14-3)11-8(9)10-6;1-6-2-4-7(5-3-6)11(8,9)10/h4H,1-3H3,(H2,9,10,11);2-5H,1H3,(H,8,9,10)/q+1;. The molecule has 3 N–H and O–H groups in total. The topological polar surface area (TPSA) is 115 Å². The maximum atomic E-state index is 10.5. The number of nitrogens with two attached hydrogens (primary N) is 1. The second kappa shape index (κ2) is 7.38. The number of anilines is 1. The Kier molecular flexibility index (Phi) is 5.65. The third kappa shape index (κ3) is 4.47. The van der Waals surface area contributed by atoms with Crippen molar-refractivity contribution < 1.29 is 17.5 Å². The van der Waals surface area contributed by atoms with E-state index in [2.05, 4.69) is 9.97 Å². The van der Waals surface area contributed by atoms with Crippen LogP contribution in [0.4, 0.5) is 5.95 Å². The van der Waals surface area contributed by atoms with Crippen LogP contribution in [0.3, 0.4) is 0 Å². The number of hydrogen-bond donors (Lipinski definition) is 2. The monoisotopic (exact) mass is 382 g/mol. The second-order valence-corrected chi connectivity index (χ2v) is 7.61.